The molecule has 1 unspecified atom stereocenters. The van der Waals surface area contributed by atoms with Gasteiger partial charge in [0.1, 0.15) is 5.84 Å². The van der Waals surface area contributed by atoms with E-state index in [0.29, 0.717) is 42.2 Å². The van der Waals surface area contributed by atoms with Crippen LogP contribution in [0.3, 0.4) is 0 Å². The normalized spacial score (nSPS) is 21.5. The first-order valence-electron chi connectivity index (χ1n) is 11.0. The second-order valence-corrected chi connectivity index (χ2v) is 8.07. The van der Waals surface area contributed by atoms with E-state index in [1.165, 1.54) is 0 Å². The Hall–Kier alpha value is -1.86. The van der Waals surface area contributed by atoms with E-state index in [1.54, 1.807) is 0 Å². The quantitative estimate of drug-likeness (QED) is 0.407. The van der Waals surface area contributed by atoms with Crippen LogP contribution in [0.25, 0.3) is 0 Å². The van der Waals surface area contributed by atoms with E-state index in [1.807, 2.05) is 26.8 Å². The summed E-state index contributed by atoms with van der Waals surface area (Å²) in [5, 5.41) is 25.6. The molecule has 162 valence electrons. The van der Waals surface area contributed by atoms with Crippen molar-refractivity contribution in [3.63, 3.8) is 0 Å². The van der Waals surface area contributed by atoms with Crippen molar-refractivity contribution in [3.8, 4) is 0 Å². The van der Waals surface area contributed by atoms with Gasteiger partial charge in [-0.15, -0.1) is 0 Å². The van der Waals surface area contributed by atoms with Gasteiger partial charge in [-0.2, -0.15) is 0 Å². The molecule has 0 bridgehead atoms. The lowest BCUT2D eigenvalue weighted by molar-refractivity contribution is 0.0311. The van der Waals surface area contributed by atoms with Crippen molar-refractivity contribution in [2.45, 2.75) is 65.6 Å². The summed E-state index contributed by atoms with van der Waals surface area (Å²) in [5.41, 5.74) is 1.98. The fourth-order valence-electron chi connectivity index (χ4n) is 3.88. The van der Waals surface area contributed by atoms with Crippen LogP contribution in [0.15, 0.2) is 16.6 Å². The molecule has 2 aliphatic rings. The van der Waals surface area contributed by atoms with Crippen molar-refractivity contribution in [2.75, 3.05) is 39.3 Å². The number of amidine groups is 1. The van der Waals surface area contributed by atoms with Gasteiger partial charge in [-0.05, 0) is 52.7 Å². The Morgan fingerprint density at radius 2 is 1.90 bits per heavy atom. The Morgan fingerprint density at radius 1 is 1.21 bits per heavy atom. The van der Waals surface area contributed by atoms with E-state index in [4.69, 9.17) is 21.0 Å². The van der Waals surface area contributed by atoms with Crippen LogP contribution in [0.2, 0.25) is 0 Å². The summed E-state index contributed by atoms with van der Waals surface area (Å²) in [4.78, 5) is 9.08. The molecule has 1 aliphatic heterocycles. The summed E-state index contributed by atoms with van der Waals surface area (Å²) in [5.74, 6) is 0.524. The van der Waals surface area contributed by atoms with Gasteiger partial charge in [0.15, 0.2) is 0 Å². The molecule has 0 aromatic heterocycles. The zero-order valence-corrected chi connectivity index (χ0v) is 18.6. The summed E-state index contributed by atoms with van der Waals surface area (Å²) < 4.78 is 5.90. The van der Waals surface area contributed by atoms with Crippen LogP contribution in [-0.2, 0) is 4.74 Å². The molecule has 1 fully saturated rings. The molecule has 1 heterocycles. The maximum absolute atomic E-state index is 8.72. The molecule has 0 saturated carbocycles. The van der Waals surface area contributed by atoms with Gasteiger partial charge in [-0.25, -0.2) is 0 Å². The number of allylic oxidation sites excluding steroid dienone is 1. The number of piperazine rings is 1. The summed E-state index contributed by atoms with van der Waals surface area (Å²) in [6.45, 7) is 13.5. The molecule has 2 rings (SSSR count). The Morgan fingerprint density at radius 3 is 2.48 bits per heavy atom. The molecular formula is C22H38N6O. The lowest BCUT2D eigenvalue weighted by Gasteiger charge is -2.36. The molecule has 0 spiro atoms. The SMILES string of the molecule is CCCN1CCN(C(=N)CC(=NCC)C(=N)C2=CC(OC(C)C)CCC2=N)CC1. The van der Waals surface area contributed by atoms with E-state index in [9.17, 15) is 0 Å². The van der Waals surface area contributed by atoms with Gasteiger partial charge >= 0.3 is 0 Å². The molecule has 0 aromatic carbocycles. The Kier molecular flexibility index (Phi) is 9.17. The third-order valence-electron chi connectivity index (χ3n) is 5.34. The van der Waals surface area contributed by atoms with Gasteiger partial charge in [-0.1, -0.05) is 6.92 Å². The molecule has 0 radical (unpaired) electrons. The number of hydrogen-bond donors (Lipinski definition) is 3. The van der Waals surface area contributed by atoms with Crippen LogP contribution in [0.1, 0.15) is 53.4 Å². The standard InChI is InChI=1S/C22H38N6O/c1-5-9-27-10-12-28(13-11-27)21(24)15-20(26-6-2)22(25)18-14-17(29-16(3)4)7-8-19(18)23/h14,16-17,23-25H,5-13,15H2,1-4H3. The molecule has 0 amide bonds. The summed E-state index contributed by atoms with van der Waals surface area (Å²) in [6, 6.07) is 0. The van der Waals surface area contributed by atoms with Gasteiger partial charge in [0.2, 0.25) is 0 Å². The Labute approximate surface area is 175 Å². The first-order chi connectivity index (χ1) is 13.8. The van der Waals surface area contributed by atoms with Gasteiger partial charge in [0, 0.05) is 50.4 Å². The highest BCUT2D eigenvalue weighted by Gasteiger charge is 2.26. The summed E-state index contributed by atoms with van der Waals surface area (Å²) in [6.07, 6.45) is 4.86. The molecular weight excluding hydrogens is 364 g/mol. The lowest BCUT2D eigenvalue weighted by Crippen LogP contribution is -2.49. The van der Waals surface area contributed by atoms with Crippen LogP contribution < -0.4 is 0 Å². The minimum atomic E-state index is -0.0616. The number of aliphatic imine (C=N–C) groups is 1. The molecule has 1 saturated heterocycles. The monoisotopic (exact) mass is 402 g/mol. The summed E-state index contributed by atoms with van der Waals surface area (Å²) in [7, 11) is 0. The minimum Gasteiger partial charge on any atom is -0.371 e. The molecule has 7 nitrogen and oxygen atoms in total. The van der Waals surface area contributed by atoms with Gasteiger partial charge in [-0.3, -0.25) is 20.7 Å². The average molecular weight is 403 g/mol. The molecule has 1 aliphatic carbocycles. The smallest absolute Gasteiger partial charge is 0.102 e. The minimum absolute atomic E-state index is 0.0616. The first-order valence-corrected chi connectivity index (χ1v) is 11.0. The zero-order chi connectivity index (χ0) is 21.4. The van der Waals surface area contributed by atoms with Crippen LogP contribution in [0.5, 0.6) is 0 Å². The number of hydrogen-bond acceptors (Lipinski definition) is 6. The van der Waals surface area contributed by atoms with Gasteiger partial charge < -0.3 is 15.0 Å². The topological polar surface area (TPSA) is 99.6 Å². The predicted octanol–water partition coefficient (Wildman–Crippen LogP) is 3.40. The van der Waals surface area contributed by atoms with Crippen LogP contribution in [0, 0.1) is 16.2 Å². The predicted molar refractivity (Wildman–Crippen MR) is 121 cm³/mol. The third-order valence-corrected chi connectivity index (χ3v) is 5.34. The first kappa shape index (κ1) is 23.4. The van der Waals surface area contributed by atoms with E-state index in [0.717, 1.165) is 45.6 Å². The van der Waals surface area contributed by atoms with Crippen LogP contribution in [0.4, 0.5) is 0 Å². The number of ether oxygens (including phenoxy) is 1. The number of nitrogens with zero attached hydrogens (tertiary/aromatic N) is 3. The maximum Gasteiger partial charge on any atom is 0.102 e. The van der Waals surface area contributed by atoms with Gasteiger partial charge in [0.25, 0.3) is 0 Å². The van der Waals surface area contributed by atoms with Crippen molar-refractivity contribution in [1.29, 1.82) is 16.2 Å². The number of rotatable bonds is 9. The Bertz CT molecular complexity index is 658. The molecule has 0 aromatic rings. The van der Waals surface area contributed by atoms with Crippen LogP contribution >= 0.6 is 0 Å². The van der Waals surface area contributed by atoms with E-state index in [-0.39, 0.29) is 17.9 Å². The fourth-order valence-corrected chi connectivity index (χ4v) is 3.88. The second kappa shape index (κ2) is 11.4. The second-order valence-electron chi connectivity index (χ2n) is 8.07. The highest BCUT2D eigenvalue weighted by Crippen LogP contribution is 2.21. The summed E-state index contributed by atoms with van der Waals surface area (Å²) >= 11 is 0. The third kappa shape index (κ3) is 6.85. The molecule has 3 N–H and O–H groups in total. The van der Waals surface area contributed by atoms with E-state index >= 15 is 0 Å². The van der Waals surface area contributed by atoms with Crippen molar-refractivity contribution in [2.24, 2.45) is 4.99 Å². The fraction of sp³-hybridized carbons (Fsp3) is 0.727. The molecule has 7 heteroatoms. The average Bonchev–Trinajstić information content (AvgIpc) is 2.69. The van der Waals surface area contributed by atoms with Gasteiger partial charge in [0.05, 0.1) is 23.6 Å². The Balaban J connectivity index is 2.06. The van der Waals surface area contributed by atoms with Crippen molar-refractivity contribution in [1.82, 2.24) is 9.80 Å². The lowest BCUT2D eigenvalue weighted by atomic mass is 9.89. The van der Waals surface area contributed by atoms with Crippen molar-refractivity contribution >= 4 is 23.0 Å². The van der Waals surface area contributed by atoms with E-state index in [2.05, 4.69) is 21.7 Å². The van der Waals surface area contributed by atoms with Crippen molar-refractivity contribution < 1.29 is 4.74 Å². The van der Waals surface area contributed by atoms with E-state index < -0.39 is 0 Å². The molecule has 1 atom stereocenters. The highest BCUT2D eigenvalue weighted by atomic mass is 16.5. The zero-order valence-electron chi connectivity index (χ0n) is 18.6. The molecule has 29 heavy (non-hydrogen) atoms. The van der Waals surface area contributed by atoms with Crippen molar-refractivity contribution in [3.05, 3.63) is 11.6 Å². The highest BCUT2D eigenvalue weighted by molar-refractivity contribution is 6.54. The number of nitrogens with one attached hydrogen (secondary N) is 3. The maximum atomic E-state index is 8.72. The van der Waals surface area contributed by atoms with Crippen LogP contribution in [-0.4, -0.2) is 84.2 Å². The largest absolute Gasteiger partial charge is 0.371 e.